The Morgan fingerprint density at radius 2 is 1.62 bits per heavy atom. The van der Waals surface area contributed by atoms with Gasteiger partial charge in [0, 0.05) is 17.6 Å². The van der Waals surface area contributed by atoms with Crippen LogP contribution >= 0.6 is 0 Å². The molecule has 0 fully saturated rings. The lowest BCUT2D eigenvalue weighted by Gasteiger charge is -2.23. The second kappa shape index (κ2) is 9.71. The van der Waals surface area contributed by atoms with Crippen molar-refractivity contribution >= 4 is 16.1 Å². The van der Waals surface area contributed by atoms with E-state index in [2.05, 4.69) is 4.74 Å². The van der Waals surface area contributed by atoms with Crippen molar-refractivity contribution < 1.29 is 26.9 Å². The molecule has 0 aliphatic rings. The van der Waals surface area contributed by atoms with Crippen molar-refractivity contribution in [3.05, 3.63) is 71.3 Å². The van der Waals surface area contributed by atoms with Gasteiger partial charge in [0.25, 0.3) is 10.1 Å². The maximum absolute atomic E-state index is 12.7. The zero-order valence-corrected chi connectivity index (χ0v) is 18.0. The highest BCUT2D eigenvalue weighted by molar-refractivity contribution is 7.86. The van der Waals surface area contributed by atoms with Gasteiger partial charge in [0.05, 0.1) is 25.2 Å². The number of hydrogen-bond donors (Lipinski definition) is 0. The van der Waals surface area contributed by atoms with Crippen LogP contribution in [0.2, 0.25) is 0 Å². The van der Waals surface area contributed by atoms with E-state index >= 15 is 0 Å². The summed E-state index contributed by atoms with van der Waals surface area (Å²) in [4.78, 5) is 11.7. The first-order valence-electron chi connectivity index (χ1n) is 9.08. The summed E-state index contributed by atoms with van der Waals surface area (Å²) in [6.07, 6.45) is 2.01. The molecule has 2 aromatic rings. The lowest BCUT2D eigenvalue weighted by atomic mass is 9.92. The molecular formula is C22H26O6S. The Bertz CT molecular complexity index is 977. The van der Waals surface area contributed by atoms with E-state index in [0.29, 0.717) is 11.3 Å². The smallest absolute Gasteiger partial charge is 0.330 e. The van der Waals surface area contributed by atoms with E-state index in [1.54, 1.807) is 25.1 Å². The van der Waals surface area contributed by atoms with Gasteiger partial charge >= 0.3 is 5.97 Å². The van der Waals surface area contributed by atoms with Crippen LogP contribution in [0.1, 0.15) is 29.5 Å². The van der Waals surface area contributed by atoms with E-state index in [1.165, 1.54) is 32.4 Å². The molecular weight excluding hydrogens is 392 g/mol. The number of ether oxygens (including phenoxy) is 2. The van der Waals surface area contributed by atoms with E-state index in [1.807, 2.05) is 32.0 Å². The average molecular weight is 419 g/mol. The second-order valence-corrected chi connectivity index (χ2v) is 8.29. The minimum Gasteiger partial charge on any atom is -0.496 e. The Hall–Kier alpha value is -2.64. The van der Waals surface area contributed by atoms with Gasteiger partial charge in [-0.1, -0.05) is 35.9 Å². The Balaban J connectivity index is 2.41. The molecule has 6 nitrogen and oxygen atoms in total. The molecule has 0 unspecified atom stereocenters. The molecule has 0 amide bonds. The molecule has 0 aliphatic heterocycles. The van der Waals surface area contributed by atoms with Crippen LogP contribution in [-0.4, -0.2) is 34.7 Å². The highest BCUT2D eigenvalue weighted by atomic mass is 32.2. The molecule has 2 atom stereocenters. The highest BCUT2D eigenvalue weighted by Crippen LogP contribution is 2.33. The van der Waals surface area contributed by atoms with E-state index in [4.69, 9.17) is 8.92 Å². The monoisotopic (exact) mass is 418 g/mol. The van der Waals surface area contributed by atoms with Gasteiger partial charge in [-0.15, -0.1) is 0 Å². The first-order valence-corrected chi connectivity index (χ1v) is 10.5. The predicted octanol–water partition coefficient (Wildman–Crippen LogP) is 3.92. The van der Waals surface area contributed by atoms with Crippen LogP contribution in [0, 0.1) is 13.8 Å². The fraction of sp³-hybridized carbons (Fsp3) is 0.318. The largest absolute Gasteiger partial charge is 0.496 e. The molecule has 0 heterocycles. The van der Waals surface area contributed by atoms with Gasteiger partial charge in [0.2, 0.25) is 0 Å². The normalized spacial score (nSPS) is 13.8. The molecule has 0 saturated carbocycles. The lowest BCUT2D eigenvalue weighted by molar-refractivity contribution is -0.134. The molecule has 156 valence electrons. The van der Waals surface area contributed by atoms with Crippen molar-refractivity contribution in [1.82, 2.24) is 0 Å². The molecule has 2 aromatic carbocycles. The van der Waals surface area contributed by atoms with Crippen molar-refractivity contribution in [3.8, 4) is 5.75 Å². The fourth-order valence-corrected chi connectivity index (χ4v) is 3.98. The number of carbonyl (C=O) groups is 1. The second-order valence-electron chi connectivity index (χ2n) is 6.72. The zero-order valence-electron chi connectivity index (χ0n) is 17.2. The van der Waals surface area contributed by atoms with Gasteiger partial charge in [0.15, 0.2) is 0 Å². The standard InChI is InChI=1S/C22H26O6S/c1-15-6-9-18(10-7-15)29(24,25)28-17(3)19(12-13-22(23)27-5)20-11-8-16(2)14-21(20)26-4/h6-14,17,19H,1-5H3/b13-12+/t17-,19+/m1/s1. The Morgan fingerprint density at radius 3 is 2.21 bits per heavy atom. The van der Waals surface area contributed by atoms with Crippen LogP contribution in [-0.2, 0) is 23.8 Å². The first-order chi connectivity index (χ1) is 13.7. The number of esters is 1. The minimum atomic E-state index is -3.99. The lowest BCUT2D eigenvalue weighted by Crippen LogP contribution is -2.22. The molecule has 0 bridgehead atoms. The van der Waals surface area contributed by atoms with Crippen LogP contribution in [0.5, 0.6) is 5.75 Å². The minimum absolute atomic E-state index is 0.0709. The third-order valence-corrected chi connectivity index (χ3v) is 5.89. The predicted molar refractivity (Wildman–Crippen MR) is 111 cm³/mol. The molecule has 29 heavy (non-hydrogen) atoms. The van der Waals surface area contributed by atoms with Gasteiger partial charge in [-0.2, -0.15) is 8.42 Å². The van der Waals surface area contributed by atoms with Crippen LogP contribution in [0.15, 0.2) is 59.5 Å². The summed E-state index contributed by atoms with van der Waals surface area (Å²) in [6.45, 7) is 5.43. The SMILES string of the molecule is COC(=O)/C=C/[C@H](c1ccc(C)cc1OC)[C@@H](C)OS(=O)(=O)c1ccc(C)cc1. The van der Waals surface area contributed by atoms with Crippen molar-refractivity contribution in [2.24, 2.45) is 0 Å². The highest BCUT2D eigenvalue weighted by Gasteiger charge is 2.27. The summed E-state index contributed by atoms with van der Waals surface area (Å²) >= 11 is 0. The topological polar surface area (TPSA) is 78.9 Å². The zero-order chi connectivity index (χ0) is 21.6. The number of carbonyl (C=O) groups excluding carboxylic acids is 1. The van der Waals surface area contributed by atoms with Crippen LogP contribution in [0.3, 0.4) is 0 Å². The summed E-state index contributed by atoms with van der Waals surface area (Å²) < 4.78 is 41.1. The van der Waals surface area contributed by atoms with Gasteiger partial charge in [0.1, 0.15) is 5.75 Å². The van der Waals surface area contributed by atoms with E-state index < -0.39 is 28.1 Å². The number of methoxy groups -OCH3 is 2. The van der Waals surface area contributed by atoms with Crippen molar-refractivity contribution in [2.75, 3.05) is 14.2 Å². The van der Waals surface area contributed by atoms with Crippen LogP contribution in [0.25, 0.3) is 0 Å². The third-order valence-electron chi connectivity index (χ3n) is 4.48. The van der Waals surface area contributed by atoms with Gasteiger partial charge < -0.3 is 9.47 Å². The quantitative estimate of drug-likeness (QED) is 0.367. The number of rotatable bonds is 8. The molecule has 0 saturated heterocycles. The van der Waals surface area contributed by atoms with E-state index in [0.717, 1.165) is 11.1 Å². The molecule has 0 radical (unpaired) electrons. The molecule has 7 heteroatoms. The molecule has 0 spiro atoms. The number of aryl methyl sites for hydroxylation is 2. The molecule has 0 aromatic heterocycles. The summed E-state index contributed by atoms with van der Waals surface area (Å²) in [5.41, 5.74) is 2.63. The van der Waals surface area contributed by atoms with E-state index in [-0.39, 0.29) is 4.90 Å². The van der Waals surface area contributed by atoms with Gasteiger partial charge in [-0.25, -0.2) is 4.79 Å². The summed E-state index contributed by atoms with van der Waals surface area (Å²) in [6, 6.07) is 12.0. The van der Waals surface area contributed by atoms with Gasteiger partial charge in [-0.05, 0) is 44.5 Å². The van der Waals surface area contributed by atoms with Gasteiger partial charge in [-0.3, -0.25) is 4.18 Å². The molecule has 0 aliphatic carbocycles. The van der Waals surface area contributed by atoms with Crippen molar-refractivity contribution in [2.45, 2.75) is 37.7 Å². The fourth-order valence-electron chi connectivity index (χ4n) is 2.88. The Labute approximate surface area is 172 Å². The summed E-state index contributed by atoms with van der Waals surface area (Å²) in [5.74, 6) is -0.535. The van der Waals surface area contributed by atoms with Crippen molar-refractivity contribution in [1.29, 1.82) is 0 Å². The van der Waals surface area contributed by atoms with Crippen molar-refractivity contribution in [3.63, 3.8) is 0 Å². The number of benzene rings is 2. The summed E-state index contributed by atoms with van der Waals surface area (Å²) in [7, 11) is -1.18. The molecule has 0 N–H and O–H groups in total. The average Bonchev–Trinajstić information content (AvgIpc) is 2.68. The Morgan fingerprint density at radius 1 is 1.00 bits per heavy atom. The first kappa shape index (κ1) is 22.6. The maximum Gasteiger partial charge on any atom is 0.330 e. The number of hydrogen-bond acceptors (Lipinski definition) is 6. The van der Waals surface area contributed by atoms with Crippen LogP contribution < -0.4 is 4.74 Å². The third kappa shape index (κ3) is 5.92. The van der Waals surface area contributed by atoms with E-state index in [9.17, 15) is 13.2 Å². The Kier molecular flexibility index (Phi) is 7.59. The molecule has 2 rings (SSSR count). The summed E-state index contributed by atoms with van der Waals surface area (Å²) in [5, 5.41) is 0. The maximum atomic E-state index is 12.7. The van der Waals surface area contributed by atoms with Crippen LogP contribution in [0.4, 0.5) is 0 Å².